The van der Waals surface area contributed by atoms with Crippen molar-refractivity contribution in [3.05, 3.63) is 30.3 Å². The molecule has 0 radical (unpaired) electrons. The third-order valence-electron chi connectivity index (χ3n) is 2.25. The molecule has 0 saturated carbocycles. The van der Waals surface area contributed by atoms with Crippen LogP contribution >= 0.6 is 0 Å². The van der Waals surface area contributed by atoms with E-state index in [1.165, 1.54) is 0 Å². The van der Waals surface area contributed by atoms with Crippen molar-refractivity contribution in [1.29, 1.82) is 0 Å². The molecular weight excluding hydrogens is 220 g/mol. The fourth-order valence-electron chi connectivity index (χ4n) is 1.55. The van der Waals surface area contributed by atoms with Crippen molar-refractivity contribution in [3.8, 4) is 5.75 Å². The zero-order chi connectivity index (χ0) is 11.9. The van der Waals surface area contributed by atoms with Gasteiger partial charge in [0, 0.05) is 19.8 Å². The van der Waals surface area contributed by atoms with Crippen LogP contribution in [0.3, 0.4) is 0 Å². The van der Waals surface area contributed by atoms with Gasteiger partial charge in [-0.3, -0.25) is 0 Å². The van der Waals surface area contributed by atoms with Gasteiger partial charge in [0.05, 0.1) is 0 Å². The van der Waals surface area contributed by atoms with E-state index in [9.17, 15) is 0 Å². The first-order valence-corrected chi connectivity index (χ1v) is 7.62. The Hall–Kier alpha value is -0.843. The molecule has 0 fully saturated rings. The molecule has 90 valence electrons. The first kappa shape index (κ1) is 13.2. The second-order valence-electron chi connectivity index (χ2n) is 3.49. The van der Waals surface area contributed by atoms with Crippen LogP contribution in [-0.2, 0) is 8.85 Å². The van der Waals surface area contributed by atoms with Crippen LogP contribution < -0.4 is 4.43 Å². The van der Waals surface area contributed by atoms with E-state index >= 15 is 0 Å². The second kappa shape index (κ2) is 6.68. The molecule has 0 amide bonds. The van der Waals surface area contributed by atoms with Gasteiger partial charge in [0.2, 0.25) is 0 Å². The van der Waals surface area contributed by atoms with E-state index in [-0.39, 0.29) is 0 Å². The molecule has 0 aliphatic heterocycles. The van der Waals surface area contributed by atoms with Crippen LogP contribution in [0.2, 0.25) is 6.04 Å². The fourth-order valence-corrected chi connectivity index (χ4v) is 3.81. The molecule has 16 heavy (non-hydrogen) atoms. The van der Waals surface area contributed by atoms with Crippen molar-refractivity contribution in [1.82, 2.24) is 0 Å². The van der Waals surface area contributed by atoms with Crippen LogP contribution in [0.1, 0.15) is 20.3 Å². The quantitative estimate of drug-likeness (QED) is 0.685. The summed E-state index contributed by atoms with van der Waals surface area (Å²) in [5, 5.41) is 0. The molecule has 3 nitrogen and oxygen atoms in total. The Morgan fingerprint density at radius 2 is 1.81 bits per heavy atom. The van der Waals surface area contributed by atoms with Gasteiger partial charge in [-0.2, -0.15) is 0 Å². The predicted molar refractivity (Wildman–Crippen MR) is 66.6 cm³/mol. The topological polar surface area (TPSA) is 27.7 Å². The van der Waals surface area contributed by atoms with E-state index in [1.54, 1.807) is 7.11 Å². The molecule has 4 heteroatoms. The SMILES string of the molecule is CCC[Si](OC)(OCC)Oc1ccccc1. The minimum atomic E-state index is -2.51. The molecule has 1 rings (SSSR count). The minimum absolute atomic E-state index is 0.618. The first-order chi connectivity index (χ1) is 7.76. The Bertz CT molecular complexity index is 284. The Kier molecular flexibility index (Phi) is 5.52. The van der Waals surface area contributed by atoms with E-state index in [1.807, 2.05) is 37.3 Å². The molecule has 0 aromatic heterocycles. The Morgan fingerprint density at radius 3 is 2.31 bits per heavy atom. The molecule has 1 aromatic carbocycles. The lowest BCUT2D eigenvalue weighted by atomic mass is 10.3. The summed E-state index contributed by atoms with van der Waals surface area (Å²) >= 11 is 0. The highest BCUT2D eigenvalue weighted by molar-refractivity contribution is 6.61. The van der Waals surface area contributed by atoms with Gasteiger partial charge in [-0.25, -0.2) is 0 Å². The van der Waals surface area contributed by atoms with Gasteiger partial charge in [-0.15, -0.1) is 0 Å². The molecule has 0 spiro atoms. The van der Waals surface area contributed by atoms with Crippen LogP contribution in [0, 0.1) is 0 Å². The minimum Gasteiger partial charge on any atom is -0.501 e. The lowest BCUT2D eigenvalue weighted by molar-refractivity contribution is 0.136. The van der Waals surface area contributed by atoms with Crippen molar-refractivity contribution < 1.29 is 13.3 Å². The van der Waals surface area contributed by atoms with Crippen LogP contribution in [0.25, 0.3) is 0 Å². The summed E-state index contributed by atoms with van der Waals surface area (Å²) in [5.41, 5.74) is 0. The standard InChI is InChI=1S/C12H20O3Si/c1-4-11-16(13-3,14-5-2)15-12-9-7-6-8-10-12/h6-10H,4-5,11H2,1-3H3. The molecule has 0 saturated heterocycles. The van der Waals surface area contributed by atoms with Gasteiger partial charge in [0.15, 0.2) is 0 Å². The summed E-state index contributed by atoms with van der Waals surface area (Å²) in [6.07, 6.45) is 0.993. The molecule has 1 atom stereocenters. The van der Waals surface area contributed by atoms with Crippen molar-refractivity contribution in [2.45, 2.75) is 26.3 Å². The average molecular weight is 240 g/mol. The second-order valence-corrected chi connectivity index (χ2v) is 6.25. The predicted octanol–water partition coefficient (Wildman–Crippen LogP) is 3.10. The highest BCUT2D eigenvalue weighted by Gasteiger charge is 2.41. The van der Waals surface area contributed by atoms with E-state index in [0.29, 0.717) is 6.61 Å². The summed E-state index contributed by atoms with van der Waals surface area (Å²) in [6, 6.07) is 10.5. The van der Waals surface area contributed by atoms with E-state index in [4.69, 9.17) is 13.3 Å². The van der Waals surface area contributed by atoms with E-state index < -0.39 is 8.80 Å². The van der Waals surface area contributed by atoms with Crippen LogP contribution in [0.4, 0.5) is 0 Å². The fraction of sp³-hybridized carbons (Fsp3) is 0.500. The third kappa shape index (κ3) is 3.63. The van der Waals surface area contributed by atoms with Crippen LogP contribution in [0.5, 0.6) is 5.75 Å². The van der Waals surface area contributed by atoms with Crippen LogP contribution in [0.15, 0.2) is 30.3 Å². The maximum absolute atomic E-state index is 5.93. The molecule has 0 aliphatic carbocycles. The molecule has 1 aromatic rings. The monoisotopic (exact) mass is 240 g/mol. The Morgan fingerprint density at radius 1 is 1.12 bits per heavy atom. The molecule has 1 unspecified atom stereocenters. The summed E-state index contributed by atoms with van der Waals surface area (Å²) in [5.74, 6) is 0.818. The molecule has 0 bridgehead atoms. The third-order valence-corrected chi connectivity index (χ3v) is 5.26. The Labute approximate surface area is 98.7 Å². The van der Waals surface area contributed by atoms with E-state index in [0.717, 1.165) is 18.2 Å². The lowest BCUT2D eigenvalue weighted by Gasteiger charge is -2.27. The van der Waals surface area contributed by atoms with E-state index in [2.05, 4.69) is 6.92 Å². The van der Waals surface area contributed by atoms with Gasteiger partial charge in [0.25, 0.3) is 0 Å². The largest absolute Gasteiger partial charge is 0.565 e. The zero-order valence-corrected chi connectivity index (χ0v) is 11.2. The van der Waals surface area contributed by atoms with Gasteiger partial charge in [-0.05, 0) is 19.1 Å². The normalized spacial score (nSPS) is 14.4. The first-order valence-electron chi connectivity index (χ1n) is 5.69. The number of rotatable bonds is 7. The maximum atomic E-state index is 5.93. The molecule has 0 N–H and O–H groups in total. The summed E-state index contributed by atoms with van der Waals surface area (Å²) < 4.78 is 17.2. The van der Waals surface area contributed by atoms with Crippen molar-refractivity contribution >= 4 is 8.80 Å². The van der Waals surface area contributed by atoms with Crippen LogP contribution in [-0.4, -0.2) is 22.5 Å². The molecular formula is C12H20O3Si. The van der Waals surface area contributed by atoms with Gasteiger partial charge < -0.3 is 13.3 Å². The van der Waals surface area contributed by atoms with Crippen molar-refractivity contribution in [2.75, 3.05) is 13.7 Å². The zero-order valence-electron chi connectivity index (χ0n) is 10.2. The van der Waals surface area contributed by atoms with Crippen molar-refractivity contribution in [3.63, 3.8) is 0 Å². The highest BCUT2D eigenvalue weighted by Crippen LogP contribution is 2.21. The lowest BCUT2D eigenvalue weighted by Crippen LogP contribution is -2.47. The van der Waals surface area contributed by atoms with Gasteiger partial charge in [-0.1, -0.05) is 31.5 Å². The molecule has 0 aliphatic rings. The number of hydrogen-bond acceptors (Lipinski definition) is 3. The summed E-state index contributed by atoms with van der Waals surface area (Å²) in [6.45, 7) is 4.69. The average Bonchev–Trinajstić information content (AvgIpc) is 2.31. The Balaban J connectivity index is 2.76. The van der Waals surface area contributed by atoms with Gasteiger partial charge in [0.1, 0.15) is 5.75 Å². The summed E-state index contributed by atoms with van der Waals surface area (Å²) in [4.78, 5) is 0. The maximum Gasteiger partial charge on any atom is 0.565 e. The van der Waals surface area contributed by atoms with Gasteiger partial charge >= 0.3 is 8.80 Å². The number of para-hydroxylation sites is 1. The number of hydrogen-bond donors (Lipinski definition) is 0. The smallest absolute Gasteiger partial charge is 0.501 e. The van der Waals surface area contributed by atoms with Crippen molar-refractivity contribution in [2.24, 2.45) is 0 Å². The molecule has 0 heterocycles. The summed E-state index contributed by atoms with van der Waals surface area (Å²) in [7, 11) is -0.843. The number of benzene rings is 1. The highest BCUT2D eigenvalue weighted by atomic mass is 28.4.